The minimum atomic E-state index is -3.87. The summed E-state index contributed by atoms with van der Waals surface area (Å²) in [6.07, 6.45) is 4.55. The molecule has 2 aromatic rings. The Kier molecular flexibility index (Phi) is 4.95. The molecule has 22 heavy (non-hydrogen) atoms. The number of rotatable bonds is 6. The van der Waals surface area contributed by atoms with Gasteiger partial charge in [0.05, 0.1) is 20.4 Å². The van der Waals surface area contributed by atoms with Gasteiger partial charge < -0.3 is 9.47 Å². The first kappa shape index (κ1) is 15.8. The van der Waals surface area contributed by atoms with Gasteiger partial charge >= 0.3 is 0 Å². The van der Waals surface area contributed by atoms with E-state index in [0.717, 1.165) is 5.56 Å². The van der Waals surface area contributed by atoms with Crippen molar-refractivity contribution in [2.75, 3.05) is 14.2 Å². The predicted octanol–water partition coefficient (Wildman–Crippen LogP) is 1.41. The number of hydrogen-bond donors (Lipinski definition) is 1. The fourth-order valence-corrected chi connectivity index (χ4v) is 2.64. The summed E-state index contributed by atoms with van der Waals surface area (Å²) < 4.78 is 34.7. The summed E-state index contributed by atoms with van der Waals surface area (Å²) in [5.41, 5.74) is 0.718. The Morgan fingerprint density at radius 2 is 1.86 bits per heavy atom. The number of hydrazone groups is 1. The van der Waals surface area contributed by atoms with Crippen LogP contribution in [0.5, 0.6) is 11.5 Å². The summed E-state index contributed by atoms with van der Waals surface area (Å²) in [5.74, 6) is 0.603. The Bertz CT molecular complexity index is 761. The van der Waals surface area contributed by atoms with Gasteiger partial charge in [-0.25, -0.2) is 0 Å². The molecule has 0 saturated carbocycles. The molecule has 0 radical (unpaired) electrons. The highest BCUT2D eigenvalue weighted by Gasteiger charge is 2.19. The first-order valence-electron chi connectivity index (χ1n) is 6.24. The summed E-state index contributed by atoms with van der Waals surface area (Å²) in [5, 5.41) is 3.73. The van der Waals surface area contributed by atoms with Crippen LogP contribution >= 0.6 is 0 Å². The van der Waals surface area contributed by atoms with Crippen LogP contribution in [0.1, 0.15) is 5.56 Å². The highest BCUT2D eigenvalue weighted by Crippen LogP contribution is 2.27. The second kappa shape index (κ2) is 6.90. The van der Waals surface area contributed by atoms with Crippen molar-refractivity contribution in [3.8, 4) is 11.5 Å². The normalized spacial score (nSPS) is 11.4. The van der Waals surface area contributed by atoms with Gasteiger partial charge in [0.1, 0.15) is 16.4 Å². The largest absolute Gasteiger partial charge is 0.497 e. The fourth-order valence-electron chi connectivity index (χ4n) is 1.66. The maximum absolute atomic E-state index is 12.3. The van der Waals surface area contributed by atoms with Crippen LogP contribution in [0.15, 0.2) is 52.7 Å². The lowest BCUT2D eigenvalue weighted by Gasteiger charge is -2.10. The summed E-state index contributed by atoms with van der Waals surface area (Å²) >= 11 is 0. The number of aromatic nitrogens is 1. The van der Waals surface area contributed by atoms with Crippen molar-refractivity contribution in [2.45, 2.75) is 4.90 Å². The Morgan fingerprint density at radius 3 is 2.50 bits per heavy atom. The van der Waals surface area contributed by atoms with Crippen LogP contribution < -0.4 is 14.3 Å². The number of nitrogens with zero attached hydrogens (tertiary/aromatic N) is 2. The van der Waals surface area contributed by atoms with E-state index >= 15 is 0 Å². The van der Waals surface area contributed by atoms with E-state index in [1.54, 1.807) is 30.6 Å². The lowest BCUT2D eigenvalue weighted by molar-refractivity contribution is 0.392. The molecule has 0 amide bonds. The number of benzene rings is 1. The van der Waals surface area contributed by atoms with E-state index in [0.29, 0.717) is 5.75 Å². The summed E-state index contributed by atoms with van der Waals surface area (Å²) in [6, 6.07) is 7.88. The second-order valence-electron chi connectivity index (χ2n) is 4.15. The molecular formula is C14H15N3O4S. The molecule has 2 rings (SSSR count). The third-order valence-electron chi connectivity index (χ3n) is 2.75. The van der Waals surface area contributed by atoms with E-state index in [-0.39, 0.29) is 10.6 Å². The highest BCUT2D eigenvalue weighted by atomic mass is 32.2. The summed E-state index contributed by atoms with van der Waals surface area (Å²) in [7, 11) is -1.03. The Labute approximate surface area is 128 Å². The molecule has 1 aromatic carbocycles. The summed E-state index contributed by atoms with van der Waals surface area (Å²) in [6.45, 7) is 0. The molecule has 1 N–H and O–H groups in total. The van der Waals surface area contributed by atoms with Gasteiger partial charge in [-0.3, -0.25) is 4.98 Å². The maximum Gasteiger partial charge on any atom is 0.280 e. The van der Waals surface area contributed by atoms with Gasteiger partial charge in [-0.2, -0.15) is 18.4 Å². The number of pyridine rings is 1. The first-order chi connectivity index (χ1) is 10.6. The van der Waals surface area contributed by atoms with Gasteiger partial charge in [0.25, 0.3) is 10.0 Å². The van der Waals surface area contributed by atoms with Crippen LogP contribution in [0.25, 0.3) is 0 Å². The van der Waals surface area contributed by atoms with Gasteiger partial charge in [0.15, 0.2) is 0 Å². The molecule has 0 unspecified atom stereocenters. The fraction of sp³-hybridized carbons (Fsp3) is 0.143. The number of sulfonamides is 1. The monoisotopic (exact) mass is 321 g/mol. The minimum Gasteiger partial charge on any atom is -0.497 e. The number of methoxy groups -OCH3 is 2. The average Bonchev–Trinajstić information content (AvgIpc) is 2.55. The Balaban J connectivity index is 2.25. The van der Waals surface area contributed by atoms with Crippen molar-refractivity contribution in [1.29, 1.82) is 0 Å². The molecule has 1 aromatic heterocycles. The van der Waals surface area contributed by atoms with E-state index in [2.05, 4.69) is 14.9 Å². The lowest BCUT2D eigenvalue weighted by atomic mass is 10.3. The van der Waals surface area contributed by atoms with Crippen molar-refractivity contribution >= 4 is 16.2 Å². The highest BCUT2D eigenvalue weighted by molar-refractivity contribution is 7.89. The zero-order valence-corrected chi connectivity index (χ0v) is 12.9. The van der Waals surface area contributed by atoms with Gasteiger partial charge in [-0.1, -0.05) is 0 Å². The van der Waals surface area contributed by atoms with E-state index in [4.69, 9.17) is 9.47 Å². The van der Waals surface area contributed by atoms with E-state index in [9.17, 15) is 8.42 Å². The van der Waals surface area contributed by atoms with Crippen molar-refractivity contribution in [1.82, 2.24) is 9.82 Å². The van der Waals surface area contributed by atoms with Gasteiger partial charge in [-0.05, 0) is 29.8 Å². The Morgan fingerprint density at radius 1 is 1.14 bits per heavy atom. The smallest absolute Gasteiger partial charge is 0.280 e. The van der Waals surface area contributed by atoms with Gasteiger partial charge in [0, 0.05) is 18.5 Å². The van der Waals surface area contributed by atoms with Crippen molar-refractivity contribution in [3.63, 3.8) is 0 Å². The maximum atomic E-state index is 12.3. The molecule has 0 atom stereocenters. The van der Waals surface area contributed by atoms with Crippen LogP contribution in [0.3, 0.4) is 0 Å². The van der Waals surface area contributed by atoms with Crippen LogP contribution in [0.2, 0.25) is 0 Å². The molecule has 0 saturated heterocycles. The van der Waals surface area contributed by atoms with E-state index in [1.807, 2.05) is 0 Å². The lowest BCUT2D eigenvalue weighted by Crippen LogP contribution is -2.19. The van der Waals surface area contributed by atoms with Crippen LogP contribution in [0.4, 0.5) is 0 Å². The topological polar surface area (TPSA) is 89.9 Å². The zero-order chi connectivity index (χ0) is 16.0. The van der Waals surface area contributed by atoms with Crippen LogP contribution in [-0.2, 0) is 10.0 Å². The molecular weight excluding hydrogens is 306 g/mol. The molecule has 0 aliphatic rings. The SMILES string of the molecule is COc1ccc(OC)c(S(=O)(=O)N/N=C/c2ccncc2)c1. The van der Waals surface area contributed by atoms with Crippen molar-refractivity contribution < 1.29 is 17.9 Å². The second-order valence-corrected chi connectivity index (χ2v) is 5.78. The standard InChI is InChI=1S/C14H15N3O4S/c1-20-12-3-4-13(21-2)14(9-12)22(18,19)17-16-10-11-5-7-15-8-6-11/h3-10,17H,1-2H3/b16-10+. The van der Waals surface area contributed by atoms with Crippen LogP contribution in [-0.4, -0.2) is 33.8 Å². The molecule has 0 spiro atoms. The van der Waals surface area contributed by atoms with Gasteiger partial charge in [-0.15, -0.1) is 0 Å². The van der Waals surface area contributed by atoms with E-state index < -0.39 is 10.0 Å². The molecule has 7 nitrogen and oxygen atoms in total. The molecule has 0 aliphatic carbocycles. The third-order valence-corrected chi connectivity index (χ3v) is 4.00. The first-order valence-corrected chi connectivity index (χ1v) is 7.72. The molecule has 0 fully saturated rings. The zero-order valence-electron chi connectivity index (χ0n) is 12.1. The summed E-state index contributed by atoms with van der Waals surface area (Å²) in [4.78, 5) is 5.94. The van der Waals surface area contributed by atoms with Gasteiger partial charge in [0.2, 0.25) is 0 Å². The number of ether oxygens (including phenoxy) is 2. The quantitative estimate of drug-likeness (QED) is 0.642. The van der Waals surface area contributed by atoms with Crippen molar-refractivity contribution in [3.05, 3.63) is 48.3 Å². The predicted molar refractivity (Wildman–Crippen MR) is 81.7 cm³/mol. The van der Waals surface area contributed by atoms with Crippen LogP contribution in [0, 0.1) is 0 Å². The Hall–Kier alpha value is -2.61. The third kappa shape index (κ3) is 3.73. The molecule has 8 heteroatoms. The molecule has 116 valence electrons. The molecule has 1 heterocycles. The average molecular weight is 321 g/mol. The number of nitrogens with one attached hydrogen (secondary N) is 1. The minimum absolute atomic E-state index is 0.0544. The molecule has 0 aliphatic heterocycles. The molecule has 0 bridgehead atoms. The van der Waals surface area contributed by atoms with E-state index in [1.165, 1.54) is 32.6 Å². The number of hydrogen-bond acceptors (Lipinski definition) is 6. The van der Waals surface area contributed by atoms with Crippen molar-refractivity contribution in [2.24, 2.45) is 5.10 Å².